The molecule has 0 aliphatic rings. The van der Waals surface area contributed by atoms with Crippen molar-refractivity contribution in [2.75, 3.05) is 6.54 Å². The molecular weight excluding hydrogens is 138 g/mol. The minimum Gasteiger partial charge on any atom is -0.303 e. The van der Waals surface area contributed by atoms with Gasteiger partial charge in [-0.1, -0.05) is 20.8 Å². The molecule has 0 saturated heterocycles. The molecule has 2 nitrogen and oxygen atoms in total. The van der Waals surface area contributed by atoms with Crippen LogP contribution in [0.15, 0.2) is 4.99 Å². The van der Waals surface area contributed by atoms with Crippen LogP contribution in [0.25, 0.3) is 0 Å². The molecule has 0 aliphatic carbocycles. The second-order valence-corrected chi connectivity index (χ2v) is 3.67. The van der Waals surface area contributed by atoms with Gasteiger partial charge in [-0.15, -0.1) is 0 Å². The third-order valence-corrected chi connectivity index (χ3v) is 1.68. The van der Waals surface area contributed by atoms with Crippen LogP contribution >= 0.6 is 0 Å². The highest BCUT2D eigenvalue weighted by atomic mass is 16.1. The standard InChI is InChI=1S/C9H17NO/c1-8(9(2,3)4)10-6-5-7-11/h7H,5-6H2,1-4H3. The average molecular weight is 155 g/mol. The molecule has 0 spiro atoms. The van der Waals surface area contributed by atoms with E-state index in [9.17, 15) is 4.79 Å². The Kier molecular flexibility index (Phi) is 4.01. The molecule has 64 valence electrons. The highest BCUT2D eigenvalue weighted by molar-refractivity contribution is 5.86. The van der Waals surface area contributed by atoms with Gasteiger partial charge in [0.1, 0.15) is 6.29 Å². The lowest BCUT2D eigenvalue weighted by Crippen LogP contribution is -2.17. The van der Waals surface area contributed by atoms with Crippen molar-refractivity contribution in [3.05, 3.63) is 0 Å². The summed E-state index contributed by atoms with van der Waals surface area (Å²) in [6, 6.07) is 0. The van der Waals surface area contributed by atoms with Gasteiger partial charge in [0.15, 0.2) is 0 Å². The molecule has 0 aromatic rings. The molecule has 0 N–H and O–H groups in total. The van der Waals surface area contributed by atoms with Crippen molar-refractivity contribution in [3.63, 3.8) is 0 Å². The summed E-state index contributed by atoms with van der Waals surface area (Å²) in [6.45, 7) is 8.99. The Bertz CT molecular complexity index is 153. The van der Waals surface area contributed by atoms with Crippen molar-refractivity contribution in [2.24, 2.45) is 10.4 Å². The molecule has 11 heavy (non-hydrogen) atoms. The molecule has 0 radical (unpaired) electrons. The van der Waals surface area contributed by atoms with Crippen LogP contribution in [-0.4, -0.2) is 18.5 Å². The topological polar surface area (TPSA) is 29.4 Å². The zero-order valence-electron chi connectivity index (χ0n) is 7.85. The van der Waals surface area contributed by atoms with E-state index in [2.05, 4.69) is 25.8 Å². The normalized spacial score (nSPS) is 13.3. The van der Waals surface area contributed by atoms with Gasteiger partial charge in [0, 0.05) is 18.7 Å². The van der Waals surface area contributed by atoms with Gasteiger partial charge in [0.2, 0.25) is 0 Å². The van der Waals surface area contributed by atoms with Crippen LogP contribution in [0.5, 0.6) is 0 Å². The van der Waals surface area contributed by atoms with Crippen LogP contribution < -0.4 is 0 Å². The lowest BCUT2D eigenvalue weighted by atomic mass is 9.91. The predicted octanol–water partition coefficient (Wildman–Crippen LogP) is 2.08. The van der Waals surface area contributed by atoms with Gasteiger partial charge in [0.25, 0.3) is 0 Å². The summed E-state index contributed by atoms with van der Waals surface area (Å²) >= 11 is 0. The fourth-order valence-corrected chi connectivity index (χ4v) is 0.522. The van der Waals surface area contributed by atoms with Crippen LogP contribution in [0.2, 0.25) is 0 Å². The van der Waals surface area contributed by atoms with Crippen LogP contribution in [0.4, 0.5) is 0 Å². The molecule has 0 bridgehead atoms. The number of nitrogens with zero attached hydrogens (tertiary/aromatic N) is 1. The maximum Gasteiger partial charge on any atom is 0.121 e. The van der Waals surface area contributed by atoms with Crippen molar-refractivity contribution >= 4 is 12.0 Å². The number of aliphatic imine (C=N–C) groups is 1. The maximum absolute atomic E-state index is 9.97. The van der Waals surface area contributed by atoms with Crippen LogP contribution in [-0.2, 0) is 4.79 Å². The van der Waals surface area contributed by atoms with E-state index in [0.29, 0.717) is 13.0 Å². The summed E-state index contributed by atoms with van der Waals surface area (Å²) < 4.78 is 0. The first kappa shape index (κ1) is 10.3. The van der Waals surface area contributed by atoms with E-state index >= 15 is 0 Å². The Labute approximate surface area is 68.7 Å². The van der Waals surface area contributed by atoms with Crippen molar-refractivity contribution in [3.8, 4) is 0 Å². The molecule has 0 aromatic heterocycles. The van der Waals surface area contributed by atoms with Crippen LogP contribution in [0.3, 0.4) is 0 Å². The van der Waals surface area contributed by atoms with Gasteiger partial charge in [-0.2, -0.15) is 0 Å². The molecule has 0 amide bonds. The molecule has 0 atom stereocenters. The zero-order valence-corrected chi connectivity index (χ0v) is 7.85. The molecule has 0 aromatic carbocycles. The summed E-state index contributed by atoms with van der Waals surface area (Å²) in [4.78, 5) is 14.2. The van der Waals surface area contributed by atoms with E-state index in [1.807, 2.05) is 6.92 Å². The van der Waals surface area contributed by atoms with E-state index in [1.54, 1.807) is 0 Å². The molecule has 2 heteroatoms. The van der Waals surface area contributed by atoms with Gasteiger partial charge in [-0.05, 0) is 12.3 Å². The Morgan fingerprint density at radius 1 is 1.45 bits per heavy atom. The second kappa shape index (κ2) is 4.27. The Morgan fingerprint density at radius 2 is 2.00 bits per heavy atom. The van der Waals surface area contributed by atoms with Gasteiger partial charge >= 0.3 is 0 Å². The Morgan fingerprint density at radius 3 is 2.36 bits per heavy atom. The third kappa shape index (κ3) is 4.71. The Balaban J connectivity index is 3.90. The SMILES string of the molecule is CC(=NCCC=O)C(C)(C)C. The number of aldehydes is 1. The van der Waals surface area contributed by atoms with Gasteiger partial charge in [-0.3, -0.25) is 4.99 Å². The Hall–Kier alpha value is -0.660. The quantitative estimate of drug-likeness (QED) is 0.348. The minimum absolute atomic E-state index is 0.142. The van der Waals surface area contributed by atoms with Crippen molar-refractivity contribution in [1.82, 2.24) is 0 Å². The molecule has 0 rings (SSSR count). The number of rotatable bonds is 3. The average Bonchev–Trinajstić information content (AvgIpc) is 1.86. The van der Waals surface area contributed by atoms with Crippen molar-refractivity contribution < 1.29 is 4.79 Å². The van der Waals surface area contributed by atoms with Gasteiger partial charge in [0.05, 0.1) is 0 Å². The largest absolute Gasteiger partial charge is 0.303 e. The lowest BCUT2D eigenvalue weighted by Gasteiger charge is -2.17. The molecule has 0 fully saturated rings. The van der Waals surface area contributed by atoms with E-state index in [0.717, 1.165) is 12.0 Å². The summed E-state index contributed by atoms with van der Waals surface area (Å²) in [5.41, 5.74) is 1.25. The third-order valence-electron chi connectivity index (χ3n) is 1.68. The number of carbonyl (C=O) groups excluding carboxylic acids is 1. The van der Waals surface area contributed by atoms with Crippen molar-refractivity contribution in [1.29, 1.82) is 0 Å². The molecule has 0 aliphatic heterocycles. The lowest BCUT2D eigenvalue weighted by molar-refractivity contribution is -0.107. The second-order valence-electron chi connectivity index (χ2n) is 3.67. The maximum atomic E-state index is 9.97. The fourth-order valence-electron chi connectivity index (χ4n) is 0.522. The fraction of sp³-hybridized carbons (Fsp3) is 0.778. The monoisotopic (exact) mass is 155 g/mol. The van der Waals surface area contributed by atoms with Crippen LogP contribution in [0, 0.1) is 5.41 Å². The first-order valence-corrected chi connectivity index (χ1v) is 3.93. The highest BCUT2D eigenvalue weighted by Gasteiger charge is 2.12. The number of carbonyl (C=O) groups is 1. The molecule has 0 unspecified atom stereocenters. The highest BCUT2D eigenvalue weighted by Crippen LogP contribution is 2.15. The molecule has 0 heterocycles. The molecule has 0 saturated carbocycles. The van der Waals surface area contributed by atoms with Gasteiger partial charge in [-0.25, -0.2) is 0 Å². The number of hydrogen-bond donors (Lipinski definition) is 0. The summed E-state index contributed by atoms with van der Waals surface area (Å²) in [5.74, 6) is 0. The smallest absolute Gasteiger partial charge is 0.121 e. The summed E-state index contributed by atoms with van der Waals surface area (Å²) in [5, 5.41) is 0. The van der Waals surface area contributed by atoms with E-state index in [4.69, 9.17) is 0 Å². The van der Waals surface area contributed by atoms with Crippen LogP contribution in [0.1, 0.15) is 34.1 Å². The number of hydrogen-bond acceptors (Lipinski definition) is 2. The van der Waals surface area contributed by atoms with Gasteiger partial charge < -0.3 is 4.79 Å². The van der Waals surface area contributed by atoms with E-state index < -0.39 is 0 Å². The zero-order chi connectivity index (χ0) is 8.91. The minimum atomic E-state index is 0.142. The first-order chi connectivity index (χ1) is 4.98. The van der Waals surface area contributed by atoms with E-state index in [-0.39, 0.29) is 5.41 Å². The summed E-state index contributed by atoms with van der Waals surface area (Å²) in [7, 11) is 0. The summed E-state index contributed by atoms with van der Waals surface area (Å²) in [6.07, 6.45) is 1.44. The van der Waals surface area contributed by atoms with Crippen molar-refractivity contribution in [2.45, 2.75) is 34.1 Å². The first-order valence-electron chi connectivity index (χ1n) is 3.93. The van der Waals surface area contributed by atoms with E-state index in [1.165, 1.54) is 0 Å². The predicted molar refractivity (Wildman–Crippen MR) is 48.1 cm³/mol. The molecular formula is C9H17NO.